The number of rotatable bonds is 3. The number of nitro groups is 1. The maximum Gasteiger partial charge on any atom is 0.417 e. The van der Waals surface area contributed by atoms with Gasteiger partial charge in [-0.1, -0.05) is 12.1 Å². The molecule has 25 heavy (non-hydrogen) atoms. The topological polar surface area (TPSA) is 52.4 Å². The Morgan fingerprint density at radius 1 is 0.920 bits per heavy atom. The van der Waals surface area contributed by atoms with Gasteiger partial charge in [-0.3, -0.25) is 10.1 Å². The minimum Gasteiger partial charge on any atom is -0.497 e. The summed E-state index contributed by atoms with van der Waals surface area (Å²) >= 11 is 0. The largest absolute Gasteiger partial charge is 0.497 e. The van der Waals surface area contributed by atoms with E-state index in [1.165, 1.54) is 19.2 Å². The number of alkyl halides is 6. The second-order valence-electron chi connectivity index (χ2n) is 4.90. The van der Waals surface area contributed by atoms with E-state index in [1.54, 1.807) is 0 Å². The summed E-state index contributed by atoms with van der Waals surface area (Å²) in [4.78, 5) is 9.44. The van der Waals surface area contributed by atoms with Crippen LogP contribution in [0.15, 0.2) is 36.4 Å². The lowest BCUT2D eigenvalue weighted by Gasteiger charge is -2.19. The van der Waals surface area contributed by atoms with Crippen molar-refractivity contribution in [3.8, 4) is 16.9 Å². The van der Waals surface area contributed by atoms with Gasteiger partial charge in [-0.05, 0) is 17.7 Å². The number of hydrogen-bond acceptors (Lipinski definition) is 3. The molecule has 2 rings (SSSR count). The van der Waals surface area contributed by atoms with Crippen molar-refractivity contribution in [2.45, 2.75) is 12.4 Å². The molecular formula is C15H9F6NO3. The normalized spacial score (nSPS) is 12.1. The Morgan fingerprint density at radius 2 is 1.36 bits per heavy atom. The van der Waals surface area contributed by atoms with E-state index in [4.69, 9.17) is 4.74 Å². The van der Waals surface area contributed by atoms with Gasteiger partial charge in [0.25, 0.3) is 5.69 Å². The van der Waals surface area contributed by atoms with Crippen LogP contribution in [0.4, 0.5) is 32.0 Å². The first-order valence-corrected chi connectivity index (χ1v) is 6.56. The number of halogens is 6. The Hall–Kier alpha value is -2.78. The average molecular weight is 365 g/mol. The number of non-ortho nitro benzene ring substituents is 1. The van der Waals surface area contributed by atoms with Crippen LogP contribution in [0.1, 0.15) is 11.1 Å². The second-order valence-corrected chi connectivity index (χ2v) is 4.90. The predicted molar refractivity (Wildman–Crippen MR) is 75.1 cm³/mol. The van der Waals surface area contributed by atoms with Crippen molar-refractivity contribution < 1.29 is 36.0 Å². The fourth-order valence-electron chi connectivity index (χ4n) is 2.25. The molecular weight excluding hydrogens is 356 g/mol. The number of benzene rings is 2. The highest BCUT2D eigenvalue weighted by molar-refractivity contribution is 5.75. The predicted octanol–water partition coefficient (Wildman–Crippen LogP) is 5.31. The highest BCUT2D eigenvalue weighted by atomic mass is 19.4. The van der Waals surface area contributed by atoms with E-state index in [1.807, 2.05) is 0 Å². The summed E-state index contributed by atoms with van der Waals surface area (Å²) in [6.45, 7) is 0. The van der Waals surface area contributed by atoms with Crippen LogP contribution in [0, 0.1) is 10.1 Å². The third-order valence-electron chi connectivity index (χ3n) is 3.32. The Balaban J connectivity index is 2.88. The SMILES string of the molecule is COc1ccc(-c2c(C(F)(F)F)cc([N+](=O)[O-])cc2C(F)(F)F)cc1. The third kappa shape index (κ3) is 3.83. The fourth-order valence-corrected chi connectivity index (χ4v) is 2.25. The summed E-state index contributed by atoms with van der Waals surface area (Å²) < 4.78 is 84.5. The zero-order valence-electron chi connectivity index (χ0n) is 12.4. The molecule has 0 atom stereocenters. The third-order valence-corrected chi connectivity index (χ3v) is 3.32. The molecule has 0 bridgehead atoms. The fraction of sp³-hybridized carbons (Fsp3) is 0.200. The molecule has 0 unspecified atom stereocenters. The Labute approximate surface area is 136 Å². The van der Waals surface area contributed by atoms with E-state index in [0.717, 1.165) is 12.1 Å². The summed E-state index contributed by atoms with van der Waals surface area (Å²) in [6, 6.07) is 4.60. The van der Waals surface area contributed by atoms with Gasteiger partial charge in [0.2, 0.25) is 0 Å². The molecule has 2 aromatic carbocycles. The molecule has 0 amide bonds. The molecule has 0 heterocycles. The van der Waals surface area contributed by atoms with Gasteiger partial charge in [-0.15, -0.1) is 0 Å². The van der Waals surface area contributed by atoms with Crippen LogP contribution < -0.4 is 4.74 Å². The summed E-state index contributed by atoms with van der Waals surface area (Å²) in [7, 11) is 1.28. The van der Waals surface area contributed by atoms with Gasteiger partial charge < -0.3 is 4.74 Å². The van der Waals surface area contributed by atoms with Crippen LogP contribution in [0.3, 0.4) is 0 Å². The van der Waals surface area contributed by atoms with Gasteiger partial charge in [-0.25, -0.2) is 0 Å². The molecule has 0 fully saturated rings. The minimum atomic E-state index is -5.22. The maximum atomic E-state index is 13.3. The van der Waals surface area contributed by atoms with Crippen LogP contribution in [0.25, 0.3) is 11.1 Å². The van der Waals surface area contributed by atoms with Gasteiger partial charge in [0.15, 0.2) is 0 Å². The average Bonchev–Trinajstić information content (AvgIpc) is 2.52. The lowest BCUT2D eigenvalue weighted by atomic mass is 9.92. The highest BCUT2D eigenvalue weighted by Crippen LogP contribution is 2.46. The van der Waals surface area contributed by atoms with Crippen molar-refractivity contribution in [2.24, 2.45) is 0 Å². The quantitative estimate of drug-likeness (QED) is 0.421. The minimum absolute atomic E-state index is 0.0921. The van der Waals surface area contributed by atoms with E-state index in [0.29, 0.717) is 0 Å². The molecule has 0 aromatic heterocycles. The number of nitrogens with zero attached hydrogens (tertiary/aromatic N) is 1. The van der Waals surface area contributed by atoms with Gasteiger partial charge in [-0.2, -0.15) is 26.3 Å². The van der Waals surface area contributed by atoms with Crippen LogP contribution in [-0.4, -0.2) is 12.0 Å². The first kappa shape index (κ1) is 18.6. The lowest BCUT2D eigenvalue weighted by molar-refractivity contribution is -0.385. The van der Waals surface area contributed by atoms with E-state index in [9.17, 15) is 36.5 Å². The van der Waals surface area contributed by atoms with Crippen LogP contribution in [0.5, 0.6) is 5.75 Å². The number of nitro benzene ring substituents is 1. The Bertz CT molecular complexity index is 761. The Morgan fingerprint density at radius 3 is 1.68 bits per heavy atom. The first-order valence-electron chi connectivity index (χ1n) is 6.56. The van der Waals surface area contributed by atoms with Crippen molar-refractivity contribution in [3.05, 3.63) is 57.6 Å². The summed E-state index contributed by atoms with van der Waals surface area (Å²) in [5.41, 5.74) is -6.33. The van der Waals surface area contributed by atoms with Crippen LogP contribution in [0.2, 0.25) is 0 Å². The monoisotopic (exact) mass is 365 g/mol. The molecule has 0 aliphatic carbocycles. The number of methoxy groups -OCH3 is 1. The van der Waals surface area contributed by atoms with Gasteiger partial charge in [0, 0.05) is 17.7 Å². The zero-order valence-corrected chi connectivity index (χ0v) is 12.4. The zero-order chi connectivity index (χ0) is 19.0. The molecule has 134 valence electrons. The van der Waals surface area contributed by atoms with Crippen molar-refractivity contribution in [1.82, 2.24) is 0 Å². The molecule has 4 nitrogen and oxygen atoms in total. The molecule has 10 heteroatoms. The molecule has 0 N–H and O–H groups in total. The molecule has 0 radical (unpaired) electrons. The Kier molecular flexibility index (Phi) is 4.65. The van der Waals surface area contributed by atoms with Crippen molar-refractivity contribution in [3.63, 3.8) is 0 Å². The number of ether oxygens (including phenoxy) is 1. The van der Waals surface area contributed by atoms with E-state index in [2.05, 4.69) is 0 Å². The van der Waals surface area contributed by atoms with Crippen LogP contribution in [-0.2, 0) is 12.4 Å². The van der Waals surface area contributed by atoms with Gasteiger partial charge in [0.1, 0.15) is 5.75 Å². The summed E-state index contributed by atoms with van der Waals surface area (Å²) in [5, 5.41) is 10.7. The van der Waals surface area contributed by atoms with E-state index < -0.39 is 45.2 Å². The first-order chi connectivity index (χ1) is 11.4. The van der Waals surface area contributed by atoms with E-state index >= 15 is 0 Å². The molecule has 0 saturated heterocycles. The van der Waals surface area contributed by atoms with Gasteiger partial charge in [0.05, 0.1) is 23.2 Å². The summed E-state index contributed by atoms with van der Waals surface area (Å²) in [6.07, 6.45) is -10.4. The maximum absolute atomic E-state index is 13.3. The smallest absolute Gasteiger partial charge is 0.417 e. The molecule has 2 aromatic rings. The summed E-state index contributed by atoms with van der Waals surface area (Å²) in [5.74, 6) is 0.229. The van der Waals surface area contributed by atoms with E-state index in [-0.39, 0.29) is 17.9 Å². The van der Waals surface area contributed by atoms with Crippen molar-refractivity contribution >= 4 is 5.69 Å². The highest BCUT2D eigenvalue weighted by Gasteiger charge is 2.43. The lowest BCUT2D eigenvalue weighted by Crippen LogP contribution is -2.15. The molecule has 0 aliphatic heterocycles. The van der Waals surface area contributed by atoms with Crippen molar-refractivity contribution in [1.29, 1.82) is 0 Å². The standard InChI is InChI=1S/C15H9F6NO3/c1-25-10-4-2-8(3-5-10)13-11(14(16,17)18)6-9(22(23)24)7-12(13)15(19,20)21/h2-7H,1H3. The molecule has 0 aliphatic rings. The molecule has 0 spiro atoms. The molecule has 0 saturated carbocycles. The van der Waals surface area contributed by atoms with Crippen LogP contribution >= 0.6 is 0 Å². The van der Waals surface area contributed by atoms with Gasteiger partial charge >= 0.3 is 12.4 Å². The second kappa shape index (κ2) is 6.26. The van der Waals surface area contributed by atoms with Crippen molar-refractivity contribution in [2.75, 3.05) is 7.11 Å². The number of hydrogen-bond donors (Lipinski definition) is 0.